The Bertz CT molecular complexity index is 787. The van der Waals surface area contributed by atoms with E-state index in [2.05, 4.69) is 27.7 Å². The Morgan fingerprint density at radius 3 is 2.18 bits per heavy atom. The number of ketones is 1. The lowest BCUT2D eigenvalue weighted by atomic mass is 9.83. The maximum atomic E-state index is 12.5. The van der Waals surface area contributed by atoms with Crippen molar-refractivity contribution in [3.05, 3.63) is 65.7 Å². The summed E-state index contributed by atoms with van der Waals surface area (Å²) in [4.78, 5) is 17.3. The third-order valence-corrected chi connectivity index (χ3v) is 6.65. The van der Waals surface area contributed by atoms with Crippen molar-refractivity contribution < 1.29 is 19.7 Å². The number of benzene rings is 2. The second-order valence-corrected chi connectivity index (χ2v) is 9.47. The smallest absolute Gasteiger partial charge is 0.193 e. The largest absolute Gasteiger partial charge is 0.493 e. The monoisotopic (exact) mass is 454 g/mol. The van der Waals surface area contributed by atoms with Crippen LogP contribution in [0.25, 0.3) is 0 Å². The van der Waals surface area contributed by atoms with Gasteiger partial charge >= 0.3 is 0 Å². The molecule has 0 spiro atoms. The van der Waals surface area contributed by atoms with E-state index in [0.29, 0.717) is 35.8 Å². The van der Waals surface area contributed by atoms with Gasteiger partial charge in [-0.3, -0.25) is 10.1 Å². The highest BCUT2D eigenvalue weighted by atomic mass is 17.1. The standard InChI is InChI=1S/C29H42O4/c1-5-7-11-24(6-2)21-22(3)20-23(4)28(33-31)18-19-32-27-16-14-26(15-17-27)29(30)25-12-9-8-10-13-25/h8-10,12-17,22-24,28,31H,5-7,11,18-21H2,1-4H3. The summed E-state index contributed by atoms with van der Waals surface area (Å²) >= 11 is 0. The highest BCUT2D eigenvalue weighted by Gasteiger charge is 2.22. The first-order chi connectivity index (χ1) is 16.0. The van der Waals surface area contributed by atoms with E-state index < -0.39 is 0 Å². The third-order valence-electron chi connectivity index (χ3n) is 6.65. The Hall–Kier alpha value is -2.17. The Morgan fingerprint density at radius 2 is 1.58 bits per heavy atom. The van der Waals surface area contributed by atoms with Crippen molar-refractivity contribution in [2.24, 2.45) is 17.8 Å². The number of unbranched alkanes of at least 4 members (excludes halogenated alkanes) is 1. The van der Waals surface area contributed by atoms with Crippen molar-refractivity contribution in [3.63, 3.8) is 0 Å². The molecule has 2 aromatic rings. The first-order valence-electron chi connectivity index (χ1n) is 12.6. The fourth-order valence-corrected chi connectivity index (χ4v) is 4.63. The SMILES string of the molecule is CCCCC(CC)CC(C)CC(C)C(CCOc1ccc(C(=O)c2ccccc2)cc1)OO. The van der Waals surface area contributed by atoms with Gasteiger partial charge in [0, 0.05) is 17.5 Å². The zero-order valence-electron chi connectivity index (χ0n) is 20.8. The van der Waals surface area contributed by atoms with Gasteiger partial charge in [-0.15, -0.1) is 0 Å². The molecule has 182 valence electrons. The lowest BCUT2D eigenvalue weighted by Crippen LogP contribution is -2.25. The molecular formula is C29H42O4. The lowest BCUT2D eigenvalue weighted by Gasteiger charge is -2.26. The quantitative estimate of drug-likeness (QED) is 0.160. The summed E-state index contributed by atoms with van der Waals surface area (Å²) in [5, 5.41) is 9.46. The minimum Gasteiger partial charge on any atom is -0.493 e. The van der Waals surface area contributed by atoms with E-state index in [1.807, 2.05) is 42.5 Å². The zero-order valence-corrected chi connectivity index (χ0v) is 20.8. The number of ether oxygens (including phenoxy) is 1. The van der Waals surface area contributed by atoms with Crippen LogP contribution < -0.4 is 4.74 Å². The molecule has 0 bridgehead atoms. The van der Waals surface area contributed by atoms with Crippen LogP contribution in [0.1, 0.15) is 88.6 Å². The van der Waals surface area contributed by atoms with Crippen LogP contribution in [0.15, 0.2) is 54.6 Å². The van der Waals surface area contributed by atoms with Crippen molar-refractivity contribution >= 4 is 5.78 Å². The molecule has 0 aliphatic rings. The Balaban J connectivity index is 1.78. The molecule has 0 heterocycles. The molecule has 0 saturated carbocycles. The second-order valence-electron chi connectivity index (χ2n) is 9.47. The summed E-state index contributed by atoms with van der Waals surface area (Å²) < 4.78 is 5.86. The van der Waals surface area contributed by atoms with Gasteiger partial charge in [0.25, 0.3) is 0 Å². The molecule has 0 aromatic heterocycles. The predicted octanol–water partition coefficient (Wildman–Crippen LogP) is 7.81. The summed E-state index contributed by atoms with van der Waals surface area (Å²) in [5.74, 6) is 2.36. The first kappa shape index (κ1) is 27.1. The molecule has 2 aromatic carbocycles. The molecule has 2 rings (SSSR count). The van der Waals surface area contributed by atoms with E-state index in [1.165, 1.54) is 32.1 Å². The van der Waals surface area contributed by atoms with Crippen molar-refractivity contribution in [1.82, 2.24) is 0 Å². The average molecular weight is 455 g/mol. The second kappa shape index (κ2) is 14.9. The van der Waals surface area contributed by atoms with Gasteiger partial charge < -0.3 is 4.74 Å². The third kappa shape index (κ3) is 9.30. The van der Waals surface area contributed by atoms with Gasteiger partial charge in [0.15, 0.2) is 5.78 Å². The predicted molar refractivity (Wildman–Crippen MR) is 135 cm³/mol. The maximum Gasteiger partial charge on any atom is 0.193 e. The number of hydrogen-bond acceptors (Lipinski definition) is 4. The summed E-state index contributed by atoms with van der Waals surface area (Å²) in [5.41, 5.74) is 1.31. The molecule has 4 nitrogen and oxygen atoms in total. The van der Waals surface area contributed by atoms with E-state index in [1.54, 1.807) is 12.1 Å². The van der Waals surface area contributed by atoms with Crippen LogP contribution in [0.5, 0.6) is 5.75 Å². The minimum absolute atomic E-state index is 0.00107. The molecular weight excluding hydrogens is 412 g/mol. The fraction of sp³-hybridized carbons (Fsp3) is 0.552. The molecule has 33 heavy (non-hydrogen) atoms. The van der Waals surface area contributed by atoms with E-state index in [4.69, 9.17) is 9.62 Å². The van der Waals surface area contributed by atoms with Gasteiger partial charge in [-0.1, -0.05) is 83.7 Å². The number of rotatable bonds is 16. The number of carbonyl (C=O) groups is 1. The normalized spacial score (nSPS) is 14.9. The summed E-state index contributed by atoms with van der Waals surface area (Å²) in [6.07, 6.45) is 7.75. The maximum absolute atomic E-state index is 12.5. The highest BCUT2D eigenvalue weighted by Crippen LogP contribution is 2.28. The molecule has 4 atom stereocenters. The first-order valence-corrected chi connectivity index (χ1v) is 12.6. The van der Waals surface area contributed by atoms with Gasteiger partial charge in [0.1, 0.15) is 5.75 Å². The minimum atomic E-state index is -0.248. The Kier molecular flexibility index (Phi) is 12.2. The van der Waals surface area contributed by atoms with Crippen LogP contribution in [0.4, 0.5) is 0 Å². The van der Waals surface area contributed by atoms with E-state index >= 15 is 0 Å². The van der Waals surface area contributed by atoms with Crippen LogP contribution in [0.2, 0.25) is 0 Å². The fourth-order valence-electron chi connectivity index (χ4n) is 4.63. The van der Waals surface area contributed by atoms with Crippen LogP contribution in [0.3, 0.4) is 0 Å². The number of hydrogen-bond donors (Lipinski definition) is 1. The van der Waals surface area contributed by atoms with Crippen molar-refractivity contribution in [3.8, 4) is 5.75 Å². The molecule has 4 heteroatoms. The van der Waals surface area contributed by atoms with Gasteiger partial charge in [0.05, 0.1) is 12.7 Å². The Morgan fingerprint density at radius 1 is 0.909 bits per heavy atom. The number of carbonyl (C=O) groups excluding carboxylic acids is 1. The highest BCUT2D eigenvalue weighted by molar-refractivity contribution is 6.08. The Labute approximate surface area is 200 Å². The summed E-state index contributed by atoms with van der Waals surface area (Å²) in [6, 6.07) is 16.5. The van der Waals surface area contributed by atoms with Crippen molar-refractivity contribution in [1.29, 1.82) is 0 Å². The topological polar surface area (TPSA) is 55.8 Å². The van der Waals surface area contributed by atoms with Gasteiger partial charge in [-0.05, 0) is 54.9 Å². The van der Waals surface area contributed by atoms with Gasteiger partial charge in [-0.2, -0.15) is 0 Å². The molecule has 4 unspecified atom stereocenters. The van der Waals surface area contributed by atoms with Crippen LogP contribution in [0, 0.1) is 17.8 Å². The summed E-state index contributed by atoms with van der Waals surface area (Å²) in [6.45, 7) is 9.45. The van der Waals surface area contributed by atoms with E-state index in [-0.39, 0.29) is 17.8 Å². The van der Waals surface area contributed by atoms with E-state index in [0.717, 1.165) is 12.3 Å². The molecule has 0 aliphatic carbocycles. The van der Waals surface area contributed by atoms with Gasteiger partial charge in [-0.25, -0.2) is 4.89 Å². The lowest BCUT2D eigenvalue weighted by molar-refractivity contribution is -0.292. The van der Waals surface area contributed by atoms with Crippen molar-refractivity contribution in [2.45, 2.75) is 78.7 Å². The van der Waals surface area contributed by atoms with E-state index in [9.17, 15) is 10.1 Å². The van der Waals surface area contributed by atoms with Crippen LogP contribution in [-0.2, 0) is 4.89 Å². The molecule has 0 fully saturated rings. The van der Waals surface area contributed by atoms with Crippen LogP contribution >= 0.6 is 0 Å². The van der Waals surface area contributed by atoms with Crippen LogP contribution in [-0.4, -0.2) is 23.8 Å². The summed E-state index contributed by atoms with van der Waals surface area (Å²) in [7, 11) is 0. The van der Waals surface area contributed by atoms with Gasteiger partial charge in [0.2, 0.25) is 0 Å². The average Bonchev–Trinajstić information content (AvgIpc) is 2.84. The molecule has 0 saturated heterocycles. The molecule has 1 N–H and O–H groups in total. The zero-order chi connectivity index (χ0) is 24.1. The molecule has 0 radical (unpaired) electrons. The molecule has 0 aliphatic heterocycles. The molecule has 0 amide bonds. The van der Waals surface area contributed by atoms with Crippen molar-refractivity contribution in [2.75, 3.05) is 6.61 Å².